The minimum absolute atomic E-state index is 0.140. The summed E-state index contributed by atoms with van der Waals surface area (Å²) in [6.07, 6.45) is 1.60. The molecular weight excluding hydrogens is 372 g/mol. The lowest BCUT2D eigenvalue weighted by atomic mass is 10.1. The fraction of sp³-hybridized carbons (Fsp3) is 0.273. The summed E-state index contributed by atoms with van der Waals surface area (Å²) in [6.45, 7) is 2.57. The summed E-state index contributed by atoms with van der Waals surface area (Å²) in [7, 11) is 3.12. The van der Waals surface area contributed by atoms with Crippen LogP contribution in [0, 0.1) is 6.92 Å². The van der Waals surface area contributed by atoms with Crippen LogP contribution in [-0.2, 0) is 12.8 Å². The molecule has 0 fully saturated rings. The number of amides is 1. The van der Waals surface area contributed by atoms with Gasteiger partial charge in [0.2, 0.25) is 0 Å². The highest BCUT2D eigenvalue weighted by Gasteiger charge is 2.12. The highest BCUT2D eigenvalue weighted by Crippen LogP contribution is 2.27. The van der Waals surface area contributed by atoms with Crippen LogP contribution < -0.4 is 14.8 Å². The molecule has 0 aliphatic carbocycles. The number of thiazole rings is 1. The number of hydrogen-bond donors (Lipinski definition) is 1. The molecule has 0 aliphatic heterocycles. The zero-order valence-electron chi connectivity index (χ0n) is 16.3. The van der Waals surface area contributed by atoms with Crippen molar-refractivity contribution in [3.63, 3.8) is 0 Å². The number of ether oxygens (including phenoxy) is 2. The maximum absolute atomic E-state index is 12.4. The zero-order chi connectivity index (χ0) is 19.9. The molecule has 0 unspecified atom stereocenters. The van der Waals surface area contributed by atoms with E-state index < -0.39 is 0 Å². The Labute approximate surface area is 169 Å². The van der Waals surface area contributed by atoms with Crippen LogP contribution in [0.15, 0.2) is 48.5 Å². The first kappa shape index (κ1) is 19.9. The summed E-state index contributed by atoms with van der Waals surface area (Å²) >= 11 is 1.71. The monoisotopic (exact) mass is 396 g/mol. The topological polar surface area (TPSA) is 60.5 Å². The summed E-state index contributed by atoms with van der Waals surface area (Å²) in [6, 6.07) is 15.5. The van der Waals surface area contributed by atoms with Crippen LogP contribution in [0.5, 0.6) is 11.5 Å². The van der Waals surface area contributed by atoms with Crippen LogP contribution in [0.2, 0.25) is 0 Å². The SMILES string of the molecule is COc1ccc(C(=O)NCCc2nc(C)c(Cc3ccccc3)s2)cc1OC. The van der Waals surface area contributed by atoms with Crippen molar-refractivity contribution in [2.45, 2.75) is 19.8 Å². The van der Waals surface area contributed by atoms with Crippen molar-refractivity contribution in [3.05, 3.63) is 75.2 Å². The smallest absolute Gasteiger partial charge is 0.251 e. The molecule has 0 bridgehead atoms. The van der Waals surface area contributed by atoms with Crippen molar-refractivity contribution >= 4 is 17.2 Å². The van der Waals surface area contributed by atoms with Gasteiger partial charge in [0.15, 0.2) is 11.5 Å². The minimum atomic E-state index is -0.140. The van der Waals surface area contributed by atoms with Crippen molar-refractivity contribution in [2.24, 2.45) is 0 Å². The summed E-state index contributed by atoms with van der Waals surface area (Å²) < 4.78 is 10.5. The molecular formula is C22H24N2O3S. The van der Waals surface area contributed by atoms with E-state index in [1.807, 2.05) is 13.0 Å². The van der Waals surface area contributed by atoms with Crippen LogP contribution in [0.1, 0.15) is 31.5 Å². The molecule has 0 radical (unpaired) electrons. The second-order valence-corrected chi connectivity index (χ2v) is 7.52. The number of carbonyl (C=O) groups excluding carboxylic acids is 1. The van der Waals surface area contributed by atoms with Gasteiger partial charge in [-0.2, -0.15) is 0 Å². The number of benzene rings is 2. The van der Waals surface area contributed by atoms with E-state index in [-0.39, 0.29) is 5.91 Å². The molecule has 0 spiro atoms. The average molecular weight is 397 g/mol. The van der Waals surface area contributed by atoms with E-state index in [4.69, 9.17) is 9.47 Å². The number of methoxy groups -OCH3 is 2. The van der Waals surface area contributed by atoms with Gasteiger partial charge in [0.1, 0.15) is 0 Å². The summed E-state index contributed by atoms with van der Waals surface area (Å²) in [5.41, 5.74) is 2.88. The van der Waals surface area contributed by atoms with Gasteiger partial charge in [0.05, 0.1) is 24.9 Å². The molecule has 0 aliphatic rings. The lowest BCUT2D eigenvalue weighted by Crippen LogP contribution is -2.25. The molecule has 5 nitrogen and oxygen atoms in total. The van der Waals surface area contributed by atoms with Gasteiger partial charge in [-0.15, -0.1) is 11.3 Å². The van der Waals surface area contributed by atoms with Gasteiger partial charge in [-0.25, -0.2) is 4.98 Å². The van der Waals surface area contributed by atoms with Crippen LogP contribution in [0.25, 0.3) is 0 Å². The molecule has 28 heavy (non-hydrogen) atoms. The molecule has 0 saturated carbocycles. The Balaban J connectivity index is 1.56. The van der Waals surface area contributed by atoms with Crippen molar-refractivity contribution in [2.75, 3.05) is 20.8 Å². The molecule has 3 aromatic rings. The van der Waals surface area contributed by atoms with Crippen molar-refractivity contribution in [3.8, 4) is 11.5 Å². The van der Waals surface area contributed by atoms with E-state index in [1.165, 1.54) is 10.4 Å². The molecule has 1 amide bonds. The second-order valence-electron chi connectivity index (χ2n) is 6.35. The predicted molar refractivity (Wildman–Crippen MR) is 112 cm³/mol. The Morgan fingerprint density at radius 1 is 1.07 bits per heavy atom. The van der Waals surface area contributed by atoms with Gasteiger partial charge in [-0.05, 0) is 30.7 Å². The third kappa shape index (κ3) is 4.89. The maximum Gasteiger partial charge on any atom is 0.251 e. The second kappa shape index (κ2) is 9.37. The molecule has 2 aromatic carbocycles. The molecule has 6 heteroatoms. The van der Waals surface area contributed by atoms with Crippen molar-refractivity contribution in [1.82, 2.24) is 10.3 Å². The summed E-state index contributed by atoms with van der Waals surface area (Å²) in [5, 5.41) is 3.98. The third-order valence-electron chi connectivity index (χ3n) is 4.41. The third-order valence-corrected chi connectivity index (χ3v) is 5.63. The molecule has 0 saturated heterocycles. The highest BCUT2D eigenvalue weighted by atomic mass is 32.1. The quantitative estimate of drug-likeness (QED) is 0.624. The molecule has 1 heterocycles. The van der Waals surface area contributed by atoms with Gasteiger partial charge in [-0.3, -0.25) is 4.79 Å². The highest BCUT2D eigenvalue weighted by molar-refractivity contribution is 7.11. The van der Waals surface area contributed by atoms with Crippen LogP contribution in [0.3, 0.4) is 0 Å². The molecule has 0 atom stereocenters. The van der Waals surface area contributed by atoms with Gasteiger partial charge in [0.25, 0.3) is 5.91 Å². The van der Waals surface area contributed by atoms with E-state index >= 15 is 0 Å². The summed E-state index contributed by atoms with van der Waals surface area (Å²) in [4.78, 5) is 18.3. The Bertz CT molecular complexity index is 938. The molecule has 146 valence electrons. The maximum atomic E-state index is 12.4. The van der Waals surface area contributed by atoms with E-state index in [0.717, 1.165) is 17.1 Å². The van der Waals surface area contributed by atoms with E-state index in [2.05, 4.69) is 34.6 Å². The van der Waals surface area contributed by atoms with E-state index in [1.54, 1.807) is 43.8 Å². The standard InChI is InChI=1S/C22H24N2O3S/c1-15-20(13-16-7-5-4-6-8-16)28-21(24-15)11-12-23-22(25)17-9-10-18(26-2)19(14-17)27-3/h4-10,14H,11-13H2,1-3H3,(H,23,25). The van der Waals surface area contributed by atoms with Gasteiger partial charge in [-0.1, -0.05) is 30.3 Å². The lowest BCUT2D eigenvalue weighted by molar-refractivity contribution is 0.0953. The van der Waals surface area contributed by atoms with E-state index in [0.29, 0.717) is 30.0 Å². The number of rotatable bonds is 8. The van der Waals surface area contributed by atoms with Gasteiger partial charge < -0.3 is 14.8 Å². The van der Waals surface area contributed by atoms with Gasteiger partial charge >= 0.3 is 0 Å². The number of aryl methyl sites for hydroxylation is 1. The molecule has 3 rings (SSSR count). The largest absolute Gasteiger partial charge is 0.493 e. The van der Waals surface area contributed by atoms with Crippen LogP contribution in [-0.4, -0.2) is 31.7 Å². The first-order valence-corrected chi connectivity index (χ1v) is 9.91. The van der Waals surface area contributed by atoms with Crippen LogP contribution in [0.4, 0.5) is 0 Å². The Hall–Kier alpha value is -2.86. The van der Waals surface area contributed by atoms with Gasteiger partial charge in [0, 0.05) is 29.8 Å². The van der Waals surface area contributed by atoms with Crippen molar-refractivity contribution < 1.29 is 14.3 Å². The minimum Gasteiger partial charge on any atom is -0.493 e. The Morgan fingerprint density at radius 3 is 2.54 bits per heavy atom. The Kier molecular flexibility index (Phi) is 6.66. The number of aromatic nitrogens is 1. The molecule has 1 N–H and O–H groups in total. The normalized spacial score (nSPS) is 10.5. The fourth-order valence-electron chi connectivity index (χ4n) is 2.90. The summed E-state index contributed by atoms with van der Waals surface area (Å²) in [5.74, 6) is 0.998. The number of hydrogen-bond acceptors (Lipinski definition) is 5. The number of carbonyl (C=O) groups is 1. The first-order valence-electron chi connectivity index (χ1n) is 9.10. The number of nitrogens with zero attached hydrogens (tertiary/aromatic N) is 1. The molecule has 1 aromatic heterocycles. The van der Waals surface area contributed by atoms with Crippen molar-refractivity contribution in [1.29, 1.82) is 0 Å². The van der Waals surface area contributed by atoms with E-state index in [9.17, 15) is 4.79 Å². The Morgan fingerprint density at radius 2 is 1.82 bits per heavy atom. The fourth-order valence-corrected chi connectivity index (χ4v) is 4.01. The average Bonchev–Trinajstić information content (AvgIpc) is 3.07. The first-order chi connectivity index (χ1) is 13.6. The number of nitrogens with one attached hydrogen (secondary N) is 1. The zero-order valence-corrected chi connectivity index (χ0v) is 17.1. The predicted octanol–water partition coefficient (Wildman–Crippen LogP) is 4.03. The van der Waals surface area contributed by atoms with Crippen LogP contribution >= 0.6 is 11.3 Å². The lowest BCUT2D eigenvalue weighted by Gasteiger charge is -2.09.